The third-order valence-electron chi connectivity index (χ3n) is 1.89. The number of halogens is 1. The molecule has 0 saturated heterocycles. The number of nitrogens with zero attached hydrogens (tertiary/aromatic N) is 3. The number of hydrogen-bond acceptors (Lipinski definition) is 4. The van der Waals surface area contributed by atoms with Crippen LogP contribution in [0.25, 0.3) is 5.69 Å². The maximum absolute atomic E-state index is 10.7. The molecular weight excluding hydrogens is 218 g/mol. The number of rotatable bonds is 2. The van der Waals surface area contributed by atoms with Crippen LogP contribution in [0.3, 0.4) is 0 Å². The van der Waals surface area contributed by atoms with Gasteiger partial charge in [0.1, 0.15) is 12.7 Å². The van der Waals surface area contributed by atoms with E-state index in [1.54, 1.807) is 10.6 Å². The number of benzene rings is 1. The topological polar surface area (TPSA) is 70.8 Å². The lowest BCUT2D eigenvalue weighted by Gasteiger charge is -2.08. The van der Waals surface area contributed by atoms with Crippen molar-refractivity contribution in [3.8, 4) is 5.69 Å². The summed E-state index contributed by atoms with van der Waals surface area (Å²) in [5.74, 6) is -1.31. The van der Waals surface area contributed by atoms with E-state index >= 15 is 0 Å². The molecule has 1 heterocycles. The van der Waals surface area contributed by atoms with Crippen LogP contribution >= 0.6 is 11.6 Å². The van der Waals surface area contributed by atoms with Crippen LogP contribution in [0.4, 0.5) is 0 Å². The Balaban J connectivity index is 2.52. The summed E-state index contributed by atoms with van der Waals surface area (Å²) in [5, 5.41) is 18.1. The van der Waals surface area contributed by atoms with E-state index in [4.69, 9.17) is 11.6 Å². The van der Waals surface area contributed by atoms with Crippen molar-refractivity contribution in [2.24, 2.45) is 0 Å². The summed E-state index contributed by atoms with van der Waals surface area (Å²) in [4.78, 5) is 10.7. The lowest BCUT2D eigenvalue weighted by Crippen LogP contribution is -2.22. The van der Waals surface area contributed by atoms with Crippen molar-refractivity contribution in [3.05, 3.63) is 41.4 Å². The fraction of sp³-hybridized carbons (Fsp3) is 0. The largest absolute Gasteiger partial charge is 0.545 e. The van der Waals surface area contributed by atoms with Gasteiger partial charge < -0.3 is 9.90 Å². The predicted octanol–water partition coefficient (Wildman–Crippen LogP) is 0.284. The normalized spacial score (nSPS) is 10.2. The molecule has 15 heavy (non-hydrogen) atoms. The number of carboxylic acids is 1. The fourth-order valence-electron chi connectivity index (χ4n) is 1.16. The van der Waals surface area contributed by atoms with Crippen molar-refractivity contribution in [3.63, 3.8) is 0 Å². The molecule has 2 aromatic rings. The summed E-state index contributed by atoms with van der Waals surface area (Å²) < 4.78 is 1.57. The van der Waals surface area contributed by atoms with Gasteiger partial charge >= 0.3 is 0 Å². The maximum Gasteiger partial charge on any atom is 0.123 e. The Kier molecular flexibility index (Phi) is 2.39. The fourth-order valence-corrected chi connectivity index (χ4v) is 1.36. The molecule has 2 rings (SSSR count). The number of hydrogen-bond donors (Lipinski definition) is 0. The molecule has 0 saturated carbocycles. The van der Waals surface area contributed by atoms with E-state index in [1.807, 2.05) is 0 Å². The standard InChI is InChI=1S/C9H6ClN3O2/c10-8-2-1-6(3-7(8)9(14)15)13-4-11-12-5-13/h1-5H,(H,14,15)/p-1. The molecule has 0 fully saturated rings. The van der Waals surface area contributed by atoms with E-state index in [2.05, 4.69) is 10.2 Å². The molecule has 1 aromatic heterocycles. The molecule has 5 nitrogen and oxygen atoms in total. The van der Waals surface area contributed by atoms with Crippen LogP contribution in [-0.2, 0) is 0 Å². The van der Waals surface area contributed by atoms with Gasteiger partial charge in [0, 0.05) is 16.3 Å². The summed E-state index contributed by atoms with van der Waals surface area (Å²) >= 11 is 5.69. The lowest BCUT2D eigenvalue weighted by atomic mass is 10.2. The predicted molar refractivity (Wildman–Crippen MR) is 50.7 cm³/mol. The van der Waals surface area contributed by atoms with Crippen LogP contribution in [0.5, 0.6) is 0 Å². The Morgan fingerprint density at radius 3 is 2.60 bits per heavy atom. The van der Waals surface area contributed by atoms with Gasteiger partial charge in [0.15, 0.2) is 0 Å². The lowest BCUT2D eigenvalue weighted by molar-refractivity contribution is -0.255. The first-order chi connectivity index (χ1) is 7.18. The Labute approximate surface area is 89.9 Å². The molecule has 0 aliphatic rings. The van der Waals surface area contributed by atoms with Gasteiger partial charge in [-0.1, -0.05) is 11.6 Å². The second-order valence-electron chi connectivity index (χ2n) is 2.82. The molecule has 0 aliphatic heterocycles. The minimum Gasteiger partial charge on any atom is -0.545 e. The van der Waals surface area contributed by atoms with Crippen molar-refractivity contribution in [2.45, 2.75) is 0 Å². The minimum atomic E-state index is -1.31. The molecule has 0 aliphatic carbocycles. The van der Waals surface area contributed by atoms with Gasteiger partial charge in [-0.3, -0.25) is 4.57 Å². The third kappa shape index (κ3) is 1.82. The average molecular weight is 223 g/mol. The van der Waals surface area contributed by atoms with Crippen molar-refractivity contribution in [2.75, 3.05) is 0 Å². The Morgan fingerprint density at radius 1 is 1.33 bits per heavy atom. The van der Waals surface area contributed by atoms with Crippen LogP contribution in [0, 0.1) is 0 Å². The number of carbonyl (C=O) groups excluding carboxylic acids is 1. The summed E-state index contributed by atoms with van der Waals surface area (Å²) in [6.07, 6.45) is 2.92. The van der Waals surface area contributed by atoms with Gasteiger partial charge in [0.25, 0.3) is 0 Å². The highest BCUT2D eigenvalue weighted by molar-refractivity contribution is 6.33. The maximum atomic E-state index is 10.7. The molecule has 0 unspecified atom stereocenters. The summed E-state index contributed by atoms with van der Waals surface area (Å²) in [5.41, 5.74) is 0.562. The number of carboxylic acid groups (broad SMARTS) is 1. The van der Waals surface area contributed by atoms with Gasteiger partial charge in [-0.15, -0.1) is 10.2 Å². The van der Waals surface area contributed by atoms with Gasteiger partial charge in [0.05, 0.1) is 5.97 Å². The molecule has 76 valence electrons. The SMILES string of the molecule is O=C([O-])c1cc(-n2cnnc2)ccc1Cl. The highest BCUT2D eigenvalue weighted by atomic mass is 35.5. The molecule has 6 heteroatoms. The van der Waals surface area contributed by atoms with Crippen LogP contribution in [0.15, 0.2) is 30.9 Å². The Morgan fingerprint density at radius 2 is 2.00 bits per heavy atom. The third-order valence-corrected chi connectivity index (χ3v) is 2.22. The highest BCUT2D eigenvalue weighted by Gasteiger charge is 2.04. The molecular formula is C9H5ClN3O2-. The number of aromatic carboxylic acids is 1. The zero-order chi connectivity index (χ0) is 10.8. The van der Waals surface area contributed by atoms with E-state index in [1.165, 1.54) is 24.8 Å². The van der Waals surface area contributed by atoms with E-state index in [0.29, 0.717) is 5.69 Å². The Hall–Kier alpha value is -1.88. The minimum absolute atomic E-state index is 0.0529. The van der Waals surface area contributed by atoms with Gasteiger partial charge in [-0.25, -0.2) is 0 Å². The first kappa shape index (κ1) is 9.67. The number of aromatic nitrogens is 3. The molecule has 0 radical (unpaired) electrons. The monoisotopic (exact) mass is 222 g/mol. The summed E-state index contributed by atoms with van der Waals surface area (Å²) in [6, 6.07) is 4.56. The van der Waals surface area contributed by atoms with Gasteiger partial charge in [-0.05, 0) is 18.2 Å². The summed E-state index contributed by atoms with van der Waals surface area (Å²) in [6.45, 7) is 0. The first-order valence-electron chi connectivity index (χ1n) is 4.04. The van der Waals surface area contributed by atoms with E-state index in [-0.39, 0.29) is 10.6 Å². The van der Waals surface area contributed by atoms with Gasteiger partial charge in [0.2, 0.25) is 0 Å². The first-order valence-corrected chi connectivity index (χ1v) is 4.42. The Bertz CT molecular complexity index is 496. The zero-order valence-electron chi connectivity index (χ0n) is 7.42. The van der Waals surface area contributed by atoms with Crippen LogP contribution in [0.1, 0.15) is 10.4 Å². The van der Waals surface area contributed by atoms with Crippen LogP contribution < -0.4 is 5.11 Å². The quantitative estimate of drug-likeness (QED) is 0.732. The van der Waals surface area contributed by atoms with Crippen molar-refractivity contribution in [1.82, 2.24) is 14.8 Å². The zero-order valence-corrected chi connectivity index (χ0v) is 8.18. The van der Waals surface area contributed by atoms with Crippen molar-refractivity contribution < 1.29 is 9.90 Å². The van der Waals surface area contributed by atoms with Gasteiger partial charge in [-0.2, -0.15) is 0 Å². The smallest absolute Gasteiger partial charge is 0.123 e. The molecule has 1 aromatic carbocycles. The highest BCUT2D eigenvalue weighted by Crippen LogP contribution is 2.18. The van der Waals surface area contributed by atoms with Crippen molar-refractivity contribution >= 4 is 17.6 Å². The molecule has 0 N–H and O–H groups in total. The average Bonchev–Trinajstić information content (AvgIpc) is 2.71. The number of carbonyl (C=O) groups is 1. The second-order valence-corrected chi connectivity index (χ2v) is 3.23. The van der Waals surface area contributed by atoms with Crippen LogP contribution in [-0.4, -0.2) is 20.7 Å². The van der Waals surface area contributed by atoms with Crippen molar-refractivity contribution in [1.29, 1.82) is 0 Å². The molecule has 0 spiro atoms. The van der Waals surface area contributed by atoms with E-state index in [0.717, 1.165) is 0 Å². The van der Waals surface area contributed by atoms with E-state index in [9.17, 15) is 9.90 Å². The molecule has 0 bridgehead atoms. The van der Waals surface area contributed by atoms with Crippen LogP contribution in [0.2, 0.25) is 5.02 Å². The molecule has 0 amide bonds. The molecule has 0 atom stereocenters. The summed E-state index contributed by atoms with van der Waals surface area (Å²) in [7, 11) is 0. The van der Waals surface area contributed by atoms with E-state index < -0.39 is 5.97 Å². The second kappa shape index (κ2) is 3.70.